The lowest BCUT2D eigenvalue weighted by Gasteiger charge is -2.28. The normalized spacial score (nSPS) is 12.2. The van der Waals surface area contributed by atoms with Crippen LogP contribution in [-0.4, -0.2) is 28.4 Å². The van der Waals surface area contributed by atoms with Crippen molar-refractivity contribution in [1.82, 2.24) is 9.88 Å². The molecule has 1 heterocycles. The monoisotopic (exact) mass is 249 g/mol. The SMILES string of the molecule is CCCCN(C(=O)c1ncccc1N)C(C)CC. The minimum atomic E-state index is -0.0594. The van der Waals surface area contributed by atoms with Gasteiger partial charge in [-0.05, 0) is 31.9 Å². The molecule has 0 spiro atoms. The number of rotatable bonds is 6. The second-order valence-corrected chi connectivity index (χ2v) is 4.55. The van der Waals surface area contributed by atoms with Gasteiger partial charge in [-0.1, -0.05) is 20.3 Å². The van der Waals surface area contributed by atoms with Gasteiger partial charge >= 0.3 is 0 Å². The summed E-state index contributed by atoms with van der Waals surface area (Å²) < 4.78 is 0. The summed E-state index contributed by atoms with van der Waals surface area (Å²) in [6.07, 6.45) is 4.61. The van der Waals surface area contributed by atoms with Crippen molar-refractivity contribution in [2.24, 2.45) is 0 Å². The van der Waals surface area contributed by atoms with E-state index in [-0.39, 0.29) is 11.9 Å². The molecule has 4 nitrogen and oxygen atoms in total. The summed E-state index contributed by atoms with van der Waals surface area (Å²) in [6.45, 7) is 7.03. The third-order valence-electron chi connectivity index (χ3n) is 3.18. The van der Waals surface area contributed by atoms with Crippen LogP contribution in [-0.2, 0) is 0 Å². The van der Waals surface area contributed by atoms with E-state index in [1.54, 1.807) is 18.3 Å². The van der Waals surface area contributed by atoms with Crippen LogP contribution >= 0.6 is 0 Å². The molecule has 100 valence electrons. The first-order valence-corrected chi connectivity index (χ1v) is 6.63. The van der Waals surface area contributed by atoms with Gasteiger partial charge in [0.25, 0.3) is 5.91 Å². The smallest absolute Gasteiger partial charge is 0.274 e. The lowest BCUT2D eigenvalue weighted by molar-refractivity contribution is 0.0680. The largest absolute Gasteiger partial charge is 0.397 e. The Morgan fingerprint density at radius 2 is 2.22 bits per heavy atom. The molecule has 1 aromatic heterocycles. The maximum atomic E-state index is 12.5. The Labute approximate surface area is 109 Å². The standard InChI is InChI=1S/C14H23N3O/c1-4-6-10-17(11(3)5-2)14(18)13-12(15)8-7-9-16-13/h7-9,11H,4-6,10,15H2,1-3H3. The van der Waals surface area contributed by atoms with Crippen LogP contribution in [0.15, 0.2) is 18.3 Å². The maximum Gasteiger partial charge on any atom is 0.274 e. The van der Waals surface area contributed by atoms with Crippen molar-refractivity contribution < 1.29 is 4.79 Å². The van der Waals surface area contributed by atoms with Gasteiger partial charge < -0.3 is 10.6 Å². The van der Waals surface area contributed by atoms with E-state index in [4.69, 9.17) is 5.73 Å². The number of carbonyl (C=O) groups is 1. The molecule has 0 aliphatic heterocycles. The molecule has 0 aliphatic carbocycles. The van der Waals surface area contributed by atoms with Gasteiger partial charge in [0.05, 0.1) is 5.69 Å². The molecule has 0 saturated carbocycles. The topological polar surface area (TPSA) is 59.2 Å². The molecule has 1 atom stereocenters. The fraction of sp³-hybridized carbons (Fsp3) is 0.571. The Bertz CT molecular complexity index is 392. The number of carbonyl (C=O) groups excluding carboxylic acids is 1. The van der Waals surface area contributed by atoms with Crippen molar-refractivity contribution in [3.8, 4) is 0 Å². The molecular formula is C14H23N3O. The molecule has 0 aliphatic rings. The highest BCUT2D eigenvalue weighted by Gasteiger charge is 2.22. The molecular weight excluding hydrogens is 226 g/mol. The molecule has 1 rings (SSSR count). The van der Waals surface area contributed by atoms with E-state index >= 15 is 0 Å². The third kappa shape index (κ3) is 3.45. The van der Waals surface area contributed by atoms with Gasteiger partial charge in [-0.25, -0.2) is 4.98 Å². The zero-order valence-electron chi connectivity index (χ0n) is 11.5. The Balaban J connectivity index is 2.91. The number of aromatic nitrogens is 1. The highest BCUT2D eigenvalue weighted by Crippen LogP contribution is 2.15. The number of amides is 1. The number of nitrogens with zero attached hydrogens (tertiary/aromatic N) is 2. The van der Waals surface area contributed by atoms with Gasteiger partial charge in [0.1, 0.15) is 0 Å². The lowest BCUT2D eigenvalue weighted by atomic mass is 10.1. The average Bonchev–Trinajstić information content (AvgIpc) is 2.39. The second-order valence-electron chi connectivity index (χ2n) is 4.55. The molecule has 0 fully saturated rings. The molecule has 0 bridgehead atoms. The predicted octanol–water partition coefficient (Wildman–Crippen LogP) is 2.70. The average molecular weight is 249 g/mol. The minimum absolute atomic E-state index is 0.0594. The van der Waals surface area contributed by atoms with Gasteiger partial charge in [-0.3, -0.25) is 4.79 Å². The summed E-state index contributed by atoms with van der Waals surface area (Å²) in [4.78, 5) is 18.4. The summed E-state index contributed by atoms with van der Waals surface area (Å²) in [5, 5.41) is 0. The molecule has 1 amide bonds. The highest BCUT2D eigenvalue weighted by atomic mass is 16.2. The number of unbranched alkanes of at least 4 members (excludes halogenated alkanes) is 1. The van der Waals surface area contributed by atoms with Crippen LogP contribution in [0.25, 0.3) is 0 Å². The van der Waals surface area contributed by atoms with Crippen molar-refractivity contribution in [2.45, 2.75) is 46.1 Å². The van der Waals surface area contributed by atoms with Crippen LogP contribution in [0.1, 0.15) is 50.5 Å². The number of hydrogen-bond acceptors (Lipinski definition) is 3. The van der Waals surface area contributed by atoms with E-state index in [2.05, 4.69) is 25.8 Å². The minimum Gasteiger partial charge on any atom is -0.397 e. The molecule has 4 heteroatoms. The number of anilines is 1. The van der Waals surface area contributed by atoms with Gasteiger partial charge in [-0.2, -0.15) is 0 Å². The number of pyridine rings is 1. The number of nitrogens with two attached hydrogens (primary N) is 1. The van der Waals surface area contributed by atoms with Crippen LogP contribution in [0.3, 0.4) is 0 Å². The van der Waals surface area contributed by atoms with Gasteiger partial charge in [0.15, 0.2) is 5.69 Å². The highest BCUT2D eigenvalue weighted by molar-refractivity contribution is 5.97. The molecule has 0 radical (unpaired) electrons. The van der Waals surface area contributed by atoms with E-state index in [1.807, 2.05) is 4.90 Å². The van der Waals surface area contributed by atoms with E-state index in [0.29, 0.717) is 11.4 Å². The molecule has 18 heavy (non-hydrogen) atoms. The van der Waals surface area contributed by atoms with Gasteiger partial charge in [0, 0.05) is 18.8 Å². The van der Waals surface area contributed by atoms with Gasteiger partial charge in [-0.15, -0.1) is 0 Å². The van der Waals surface area contributed by atoms with E-state index in [9.17, 15) is 4.79 Å². The molecule has 0 saturated heterocycles. The summed E-state index contributed by atoms with van der Waals surface area (Å²) in [6, 6.07) is 3.67. The number of nitrogen functional groups attached to an aromatic ring is 1. The molecule has 2 N–H and O–H groups in total. The van der Waals surface area contributed by atoms with Crippen LogP contribution in [0, 0.1) is 0 Å². The molecule has 1 unspecified atom stereocenters. The van der Waals surface area contributed by atoms with Crippen molar-refractivity contribution >= 4 is 11.6 Å². The van der Waals surface area contributed by atoms with Crippen molar-refractivity contribution in [2.75, 3.05) is 12.3 Å². The quantitative estimate of drug-likeness (QED) is 0.843. The van der Waals surface area contributed by atoms with Crippen LogP contribution in [0.5, 0.6) is 0 Å². The molecule has 0 aromatic carbocycles. The first kappa shape index (κ1) is 14.5. The third-order valence-corrected chi connectivity index (χ3v) is 3.18. The van der Waals surface area contributed by atoms with E-state index < -0.39 is 0 Å². The Hall–Kier alpha value is -1.58. The Morgan fingerprint density at radius 1 is 1.50 bits per heavy atom. The first-order valence-electron chi connectivity index (χ1n) is 6.63. The summed E-state index contributed by atoms with van der Waals surface area (Å²) in [5.41, 5.74) is 6.64. The molecule has 1 aromatic rings. The van der Waals surface area contributed by atoms with Crippen molar-refractivity contribution in [3.63, 3.8) is 0 Å². The zero-order chi connectivity index (χ0) is 13.5. The zero-order valence-corrected chi connectivity index (χ0v) is 11.5. The first-order chi connectivity index (χ1) is 8.61. The number of hydrogen-bond donors (Lipinski definition) is 1. The summed E-state index contributed by atoms with van der Waals surface area (Å²) >= 11 is 0. The van der Waals surface area contributed by atoms with Crippen molar-refractivity contribution in [1.29, 1.82) is 0 Å². The summed E-state index contributed by atoms with van der Waals surface area (Å²) in [7, 11) is 0. The Kier molecular flexibility index (Phi) is 5.62. The van der Waals surface area contributed by atoms with E-state index in [1.165, 1.54) is 0 Å². The Morgan fingerprint density at radius 3 is 2.78 bits per heavy atom. The fourth-order valence-corrected chi connectivity index (χ4v) is 1.80. The maximum absolute atomic E-state index is 12.5. The summed E-state index contributed by atoms with van der Waals surface area (Å²) in [5.74, 6) is -0.0594. The van der Waals surface area contributed by atoms with Crippen LogP contribution < -0.4 is 5.73 Å². The van der Waals surface area contributed by atoms with Crippen LogP contribution in [0.4, 0.5) is 5.69 Å². The predicted molar refractivity (Wildman–Crippen MR) is 74.3 cm³/mol. The lowest BCUT2D eigenvalue weighted by Crippen LogP contribution is -2.39. The fourth-order valence-electron chi connectivity index (χ4n) is 1.80. The van der Waals surface area contributed by atoms with Gasteiger partial charge in [0.2, 0.25) is 0 Å². The van der Waals surface area contributed by atoms with E-state index in [0.717, 1.165) is 25.8 Å². The van der Waals surface area contributed by atoms with Crippen LogP contribution in [0.2, 0.25) is 0 Å². The second kappa shape index (κ2) is 6.99. The van der Waals surface area contributed by atoms with Crippen molar-refractivity contribution in [3.05, 3.63) is 24.0 Å².